The van der Waals surface area contributed by atoms with Gasteiger partial charge in [-0.3, -0.25) is 0 Å². The molecule has 1 saturated heterocycles. The molecule has 0 radical (unpaired) electrons. The molecule has 0 spiro atoms. The molecule has 8 heteroatoms. The SMILES string of the molecule is CCCN([C@@H]1CCS(=O)(=O)C1)S(=O)(=O)c1ccc(Cl)cc1. The summed E-state index contributed by atoms with van der Waals surface area (Å²) < 4.78 is 50.0. The van der Waals surface area contributed by atoms with Crippen LogP contribution in [0.2, 0.25) is 5.02 Å². The third-order valence-electron chi connectivity index (χ3n) is 3.48. The van der Waals surface area contributed by atoms with E-state index in [0.29, 0.717) is 24.4 Å². The molecule has 0 aliphatic carbocycles. The summed E-state index contributed by atoms with van der Waals surface area (Å²) in [6, 6.07) is 5.46. The van der Waals surface area contributed by atoms with E-state index >= 15 is 0 Å². The summed E-state index contributed by atoms with van der Waals surface area (Å²) in [7, 11) is -6.84. The van der Waals surface area contributed by atoms with Crippen LogP contribution in [0.15, 0.2) is 29.2 Å². The summed E-state index contributed by atoms with van der Waals surface area (Å²) in [6.45, 7) is 2.18. The van der Waals surface area contributed by atoms with Crippen molar-refractivity contribution in [2.24, 2.45) is 0 Å². The topological polar surface area (TPSA) is 71.5 Å². The van der Waals surface area contributed by atoms with E-state index in [9.17, 15) is 16.8 Å². The number of hydrogen-bond acceptors (Lipinski definition) is 4. The van der Waals surface area contributed by atoms with Crippen molar-refractivity contribution in [3.05, 3.63) is 29.3 Å². The van der Waals surface area contributed by atoms with Gasteiger partial charge in [-0.1, -0.05) is 18.5 Å². The Balaban J connectivity index is 2.35. The zero-order valence-corrected chi connectivity index (χ0v) is 14.1. The second-order valence-electron chi connectivity index (χ2n) is 5.13. The molecule has 0 saturated carbocycles. The average Bonchev–Trinajstić information content (AvgIpc) is 2.76. The highest BCUT2D eigenvalue weighted by molar-refractivity contribution is 7.92. The quantitative estimate of drug-likeness (QED) is 0.812. The number of hydrogen-bond donors (Lipinski definition) is 0. The normalized spacial score (nSPS) is 21.8. The lowest BCUT2D eigenvalue weighted by Gasteiger charge is -2.27. The van der Waals surface area contributed by atoms with Crippen LogP contribution in [0, 0.1) is 0 Å². The van der Waals surface area contributed by atoms with E-state index in [1.807, 2.05) is 6.92 Å². The second-order valence-corrected chi connectivity index (χ2v) is 9.68. The third-order valence-corrected chi connectivity index (χ3v) is 7.45. The maximum absolute atomic E-state index is 12.7. The zero-order chi connectivity index (χ0) is 15.7. The standard InChI is InChI=1S/C13H18ClNO4S2/c1-2-8-15(12-7-9-20(16,17)10-12)21(18,19)13-5-3-11(14)4-6-13/h3-6,12H,2,7-10H2,1H3/t12-/m1/s1. The van der Waals surface area contributed by atoms with E-state index in [0.717, 1.165) is 0 Å². The van der Waals surface area contributed by atoms with Crippen LogP contribution in [0.4, 0.5) is 0 Å². The fourth-order valence-corrected chi connectivity index (χ4v) is 6.16. The lowest BCUT2D eigenvalue weighted by Crippen LogP contribution is -2.41. The van der Waals surface area contributed by atoms with Crippen LogP contribution in [0.25, 0.3) is 0 Å². The number of nitrogens with zero attached hydrogens (tertiary/aromatic N) is 1. The number of sulfone groups is 1. The highest BCUT2D eigenvalue weighted by Gasteiger charge is 2.38. The number of halogens is 1. The van der Waals surface area contributed by atoms with Gasteiger partial charge >= 0.3 is 0 Å². The molecule has 2 rings (SSSR count). The van der Waals surface area contributed by atoms with Crippen molar-refractivity contribution >= 4 is 31.5 Å². The predicted molar refractivity (Wildman–Crippen MR) is 82.7 cm³/mol. The number of sulfonamides is 1. The van der Waals surface area contributed by atoms with E-state index in [2.05, 4.69) is 0 Å². The van der Waals surface area contributed by atoms with Crippen LogP contribution in [0.3, 0.4) is 0 Å². The number of rotatable bonds is 5. The maximum Gasteiger partial charge on any atom is 0.243 e. The van der Waals surface area contributed by atoms with Crippen molar-refractivity contribution in [3.63, 3.8) is 0 Å². The molecular weight excluding hydrogens is 334 g/mol. The van der Waals surface area contributed by atoms with Crippen molar-refractivity contribution in [3.8, 4) is 0 Å². The molecule has 5 nitrogen and oxygen atoms in total. The molecule has 1 aromatic carbocycles. The van der Waals surface area contributed by atoms with Crippen LogP contribution in [-0.4, -0.2) is 45.2 Å². The summed E-state index contributed by atoms with van der Waals surface area (Å²) in [6.07, 6.45) is 0.985. The highest BCUT2D eigenvalue weighted by atomic mass is 35.5. The minimum atomic E-state index is -3.70. The van der Waals surface area contributed by atoms with Gasteiger partial charge in [0.1, 0.15) is 0 Å². The van der Waals surface area contributed by atoms with Gasteiger partial charge in [-0.05, 0) is 37.1 Å². The molecule has 1 atom stereocenters. The van der Waals surface area contributed by atoms with Crippen molar-refractivity contribution in [1.29, 1.82) is 0 Å². The van der Waals surface area contributed by atoms with Crippen LogP contribution in [0.1, 0.15) is 19.8 Å². The van der Waals surface area contributed by atoms with Gasteiger partial charge in [0.15, 0.2) is 9.84 Å². The van der Waals surface area contributed by atoms with E-state index in [1.54, 1.807) is 0 Å². The minimum absolute atomic E-state index is 0.0496. The van der Waals surface area contributed by atoms with Crippen LogP contribution in [-0.2, 0) is 19.9 Å². The summed E-state index contributed by atoms with van der Waals surface area (Å²) in [5.41, 5.74) is 0. The Morgan fingerprint density at radius 3 is 2.38 bits per heavy atom. The molecule has 1 fully saturated rings. The summed E-state index contributed by atoms with van der Waals surface area (Å²) in [5.74, 6) is -0.0478. The molecule has 1 aliphatic heterocycles. The molecule has 21 heavy (non-hydrogen) atoms. The molecule has 0 amide bonds. The Hall–Kier alpha value is -0.630. The van der Waals surface area contributed by atoms with Crippen molar-refractivity contribution in [2.75, 3.05) is 18.1 Å². The molecule has 1 aliphatic rings. The van der Waals surface area contributed by atoms with E-state index in [1.165, 1.54) is 28.6 Å². The van der Waals surface area contributed by atoms with Gasteiger partial charge in [-0.2, -0.15) is 4.31 Å². The lowest BCUT2D eigenvalue weighted by atomic mass is 10.2. The Labute approximate surface area is 130 Å². The average molecular weight is 352 g/mol. The van der Waals surface area contributed by atoms with Crippen molar-refractivity contribution in [1.82, 2.24) is 4.31 Å². The number of benzene rings is 1. The van der Waals surface area contributed by atoms with Crippen LogP contribution >= 0.6 is 11.6 Å². The predicted octanol–water partition coefficient (Wildman–Crippen LogP) is 1.93. The van der Waals surface area contributed by atoms with Gasteiger partial charge < -0.3 is 0 Å². The van der Waals surface area contributed by atoms with Gasteiger partial charge in [0.05, 0.1) is 16.4 Å². The first kappa shape index (κ1) is 16.7. The first-order valence-corrected chi connectivity index (χ1v) is 10.4. The highest BCUT2D eigenvalue weighted by Crippen LogP contribution is 2.26. The van der Waals surface area contributed by atoms with Crippen molar-refractivity contribution in [2.45, 2.75) is 30.7 Å². The summed E-state index contributed by atoms with van der Waals surface area (Å²) in [4.78, 5) is 0.143. The molecule has 1 heterocycles. The van der Waals surface area contributed by atoms with E-state index in [-0.39, 0.29) is 16.4 Å². The molecule has 1 aromatic rings. The zero-order valence-electron chi connectivity index (χ0n) is 11.7. The monoisotopic (exact) mass is 351 g/mol. The Bertz CT molecular complexity index is 698. The van der Waals surface area contributed by atoms with Crippen molar-refractivity contribution < 1.29 is 16.8 Å². The molecule has 0 N–H and O–H groups in total. The van der Waals surface area contributed by atoms with E-state index < -0.39 is 25.9 Å². The molecule has 118 valence electrons. The first-order chi connectivity index (χ1) is 9.76. The Kier molecular flexibility index (Phi) is 4.97. The molecule has 0 unspecified atom stereocenters. The molecular formula is C13H18ClNO4S2. The van der Waals surface area contributed by atoms with Gasteiger partial charge in [0.2, 0.25) is 10.0 Å². The molecule has 0 bridgehead atoms. The van der Waals surface area contributed by atoms with Crippen LogP contribution in [0.5, 0.6) is 0 Å². The Morgan fingerprint density at radius 1 is 1.29 bits per heavy atom. The smallest absolute Gasteiger partial charge is 0.229 e. The largest absolute Gasteiger partial charge is 0.243 e. The fraction of sp³-hybridized carbons (Fsp3) is 0.538. The second kappa shape index (κ2) is 6.24. The summed E-state index contributed by atoms with van der Waals surface area (Å²) in [5, 5.41) is 0.458. The fourth-order valence-electron chi connectivity index (χ4n) is 2.46. The van der Waals surface area contributed by atoms with E-state index in [4.69, 9.17) is 11.6 Å². The van der Waals surface area contributed by atoms with Crippen LogP contribution < -0.4 is 0 Å². The van der Waals surface area contributed by atoms with Gasteiger partial charge in [0.25, 0.3) is 0 Å². The maximum atomic E-state index is 12.7. The first-order valence-electron chi connectivity index (χ1n) is 6.74. The summed E-state index contributed by atoms with van der Waals surface area (Å²) >= 11 is 5.78. The lowest BCUT2D eigenvalue weighted by molar-refractivity contribution is 0.340. The third kappa shape index (κ3) is 3.77. The minimum Gasteiger partial charge on any atom is -0.229 e. The molecule has 0 aromatic heterocycles. The van der Waals surface area contributed by atoms with Gasteiger partial charge in [-0.25, -0.2) is 16.8 Å². The van der Waals surface area contributed by atoms with Gasteiger partial charge in [-0.15, -0.1) is 0 Å². The van der Waals surface area contributed by atoms with Gasteiger partial charge in [0, 0.05) is 17.6 Å². The Morgan fingerprint density at radius 2 is 1.90 bits per heavy atom.